The summed E-state index contributed by atoms with van der Waals surface area (Å²) in [4.78, 5) is 14.1. The lowest BCUT2D eigenvalue weighted by atomic mass is 9.79. The van der Waals surface area contributed by atoms with Gasteiger partial charge in [0.25, 0.3) is 0 Å². The van der Waals surface area contributed by atoms with E-state index in [0.29, 0.717) is 5.82 Å². The summed E-state index contributed by atoms with van der Waals surface area (Å²) in [6.07, 6.45) is 7.61. The molecule has 1 saturated heterocycles. The van der Waals surface area contributed by atoms with Gasteiger partial charge in [-0.25, -0.2) is 19.3 Å². The fourth-order valence-corrected chi connectivity index (χ4v) is 5.09. The lowest BCUT2D eigenvalue weighted by Gasteiger charge is -2.47. The second-order valence-corrected chi connectivity index (χ2v) is 10.1. The van der Waals surface area contributed by atoms with Gasteiger partial charge < -0.3 is 9.88 Å². The maximum Gasteiger partial charge on any atom is 0.179 e. The summed E-state index contributed by atoms with van der Waals surface area (Å²) in [6.45, 7) is 8.96. The Morgan fingerprint density at radius 1 is 1.03 bits per heavy atom. The van der Waals surface area contributed by atoms with Crippen LogP contribution in [-0.4, -0.2) is 36.9 Å². The van der Waals surface area contributed by atoms with Crippen molar-refractivity contribution in [3.8, 4) is 22.8 Å². The zero-order valence-corrected chi connectivity index (χ0v) is 18.9. The highest BCUT2D eigenvalue weighted by Crippen LogP contribution is 2.40. The van der Waals surface area contributed by atoms with E-state index >= 15 is 0 Å². The number of hydrogen-bond donors (Lipinski definition) is 1. The van der Waals surface area contributed by atoms with Crippen molar-refractivity contribution >= 4 is 11.8 Å². The topological polar surface area (TPSA) is 55.6 Å². The van der Waals surface area contributed by atoms with E-state index in [0.717, 1.165) is 34.8 Å². The molecule has 0 aliphatic carbocycles. The van der Waals surface area contributed by atoms with E-state index in [1.54, 1.807) is 30.1 Å². The van der Waals surface area contributed by atoms with Gasteiger partial charge in [0.15, 0.2) is 5.82 Å². The predicted molar refractivity (Wildman–Crippen MR) is 120 cm³/mol. The first-order chi connectivity index (χ1) is 14.2. The van der Waals surface area contributed by atoms with Gasteiger partial charge in [0.05, 0.1) is 17.0 Å². The van der Waals surface area contributed by atoms with Crippen LogP contribution in [0.25, 0.3) is 22.8 Å². The minimum atomic E-state index is -0.262. The quantitative estimate of drug-likeness (QED) is 0.451. The van der Waals surface area contributed by atoms with Crippen LogP contribution in [0.3, 0.4) is 0 Å². The number of piperidine rings is 1. The molecule has 0 atom stereocenters. The summed E-state index contributed by atoms with van der Waals surface area (Å²) < 4.78 is 15.8. The minimum absolute atomic E-state index is 0.00797. The Kier molecular flexibility index (Phi) is 5.45. The minimum Gasteiger partial charge on any atom is -0.324 e. The van der Waals surface area contributed by atoms with Gasteiger partial charge in [0.2, 0.25) is 0 Å². The largest absolute Gasteiger partial charge is 0.324 e. The molecule has 30 heavy (non-hydrogen) atoms. The molecule has 2 aromatic heterocycles. The molecule has 3 aromatic rings. The van der Waals surface area contributed by atoms with Crippen molar-refractivity contribution in [2.75, 3.05) is 6.26 Å². The van der Waals surface area contributed by atoms with E-state index in [2.05, 4.69) is 42.6 Å². The molecule has 0 spiro atoms. The number of aromatic nitrogens is 4. The Balaban J connectivity index is 1.88. The van der Waals surface area contributed by atoms with Crippen molar-refractivity contribution in [3.63, 3.8) is 0 Å². The Labute approximate surface area is 181 Å². The van der Waals surface area contributed by atoms with Crippen LogP contribution in [0.2, 0.25) is 0 Å². The second-order valence-electron chi connectivity index (χ2n) is 9.23. The normalized spacial score (nSPS) is 18.5. The standard InChI is InChI=1S/C23H28FN5S/c1-22(2)12-17(13-23(3,4)28-22)29-14-26-19(15-6-8-16(24)9-7-15)20(29)21-25-11-10-18(27-21)30-5/h6-11,14,17,28H,12-13H2,1-5H3. The van der Waals surface area contributed by atoms with Gasteiger partial charge in [-0.05, 0) is 77.1 Å². The summed E-state index contributed by atoms with van der Waals surface area (Å²) >= 11 is 1.58. The van der Waals surface area contributed by atoms with Crippen LogP contribution in [0.15, 0.2) is 47.9 Å². The molecule has 1 aromatic carbocycles. The van der Waals surface area contributed by atoms with Crippen LogP contribution >= 0.6 is 11.8 Å². The number of nitrogens with zero attached hydrogens (tertiary/aromatic N) is 4. The van der Waals surface area contributed by atoms with Gasteiger partial charge in [0.1, 0.15) is 11.5 Å². The molecular weight excluding hydrogens is 397 g/mol. The lowest BCUT2D eigenvalue weighted by Crippen LogP contribution is -2.57. The van der Waals surface area contributed by atoms with E-state index in [1.807, 2.05) is 18.6 Å². The highest BCUT2D eigenvalue weighted by Gasteiger charge is 2.39. The molecular formula is C23H28FN5S. The van der Waals surface area contributed by atoms with Crippen LogP contribution in [0.5, 0.6) is 0 Å². The molecule has 158 valence electrons. The summed E-state index contributed by atoms with van der Waals surface area (Å²) in [5, 5.41) is 4.65. The van der Waals surface area contributed by atoms with E-state index in [9.17, 15) is 4.39 Å². The summed E-state index contributed by atoms with van der Waals surface area (Å²) in [5.41, 5.74) is 2.51. The average molecular weight is 426 g/mol. The number of benzene rings is 1. The molecule has 5 nitrogen and oxygen atoms in total. The summed E-state index contributed by atoms with van der Waals surface area (Å²) in [6, 6.07) is 8.61. The highest BCUT2D eigenvalue weighted by atomic mass is 32.2. The molecule has 0 saturated carbocycles. The third-order valence-corrected chi connectivity index (χ3v) is 6.17. The van der Waals surface area contributed by atoms with Crippen molar-refractivity contribution in [2.24, 2.45) is 0 Å². The average Bonchev–Trinajstić information content (AvgIpc) is 3.11. The Hall–Kier alpha value is -2.25. The number of imidazole rings is 1. The monoisotopic (exact) mass is 425 g/mol. The number of halogens is 1. The van der Waals surface area contributed by atoms with E-state index in [1.165, 1.54) is 12.1 Å². The third kappa shape index (κ3) is 4.27. The number of rotatable bonds is 4. The molecule has 0 bridgehead atoms. The number of thioether (sulfide) groups is 1. The molecule has 3 heterocycles. The van der Waals surface area contributed by atoms with Gasteiger partial charge >= 0.3 is 0 Å². The Morgan fingerprint density at radius 2 is 1.70 bits per heavy atom. The molecule has 0 amide bonds. The van der Waals surface area contributed by atoms with Gasteiger partial charge in [-0.1, -0.05) is 0 Å². The smallest absolute Gasteiger partial charge is 0.179 e. The number of nitrogens with one attached hydrogen (secondary N) is 1. The number of hydrogen-bond acceptors (Lipinski definition) is 5. The summed E-state index contributed by atoms with van der Waals surface area (Å²) in [7, 11) is 0. The van der Waals surface area contributed by atoms with Crippen molar-refractivity contribution in [3.05, 3.63) is 48.7 Å². The van der Waals surface area contributed by atoms with Gasteiger partial charge in [-0.2, -0.15) is 0 Å². The van der Waals surface area contributed by atoms with Gasteiger partial charge in [-0.15, -0.1) is 11.8 Å². The van der Waals surface area contributed by atoms with Gasteiger partial charge in [-0.3, -0.25) is 0 Å². The maximum absolute atomic E-state index is 13.5. The van der Waals surface area contributed by atoms with Crippen LogP contribution in [-0.2, 0) is 0 Å². The first-order valence-corrected chi connectivity index (χ1v) is 11.4. The predicted octanol–water partition coefficient (Wildman–Crippen LogP) is 5.35. The van der Waals surface area contributed by atoms with Crippen molar-refractivity contribution in [1.82, 2.24) is 24.8 Å². The van der Waals surface area contributed by atoms with Crippen molar-refractivity contribution in [2.45, 2.75) is 62.7 Å². The zero-order valence-electron chi connectivity index (χ0n) is 18.1. The highest BCUT2D eigenvalue weighted by molar-refractivity contribution is 7.98. The Bertz CT molecular complexity index is 1030. The molecule has 1 fully saturated rings. The molecule has 1 N–H and O–H groups in total. The third-order valence-electron chi connectivity index (χ3n) is 5.52. The van der Waals surface area contributed by atoms with Crippen molar-refractivity contribution < 1.29 is 4.39 Å². The molecule has 4 rings (SSSR count). The summed E-state index contributed by atoms with van der Waals surface area (Å²) in [5.74, 6) is 0.384. The molecule has 7 heteroatoms. The van der Waals surface area contributed by atoms with Crippen molar-refractivity contribution in [1.29, 1.82) is 0 Å². The lowest BCUT2D eigenvalue weighted by molar-refractivity contribution is 0.133. The Morgan fingerprint density at radius 3 is 2.33 bits per heavy atom. The van der Waals surface area contributed by atoms with E-state index in [4.69, 9.17) is 9.97 Å². The first-order valence-electron chi connectivity index (χ1n) is 10.2. The second kappa shape index (κ2) is 7.78. The van der Waals surface area contributed by atoms with Crippen LogP contribution in [0.4, 0.5) is 4.39 Å². The maximum atomic E-state index is 13.5. The molecule has 0 radical (unpaired) electrons. The first kappa shape index (κ1) is 21.0. The molecule has 1 aliphatic heterocycles. The molecule has 1 aliphatic rings. The van der Waals surface area contributed by atoms with E-state index in [-0.39, 0.29) is 22.9 Å². The molecule has 0 unspecified atom stereocenters. The van der Waals surface area contributed by atoms with Gasteiger partial charge in [0, 0.05) is 28.9 Å². The van der Waals surface area contributed by atoms with Crippen LogP contribution in [0, 0.1) is 5.82 Å². The SMILES string of the molecule is CSc1ccnc(-c2c(-c3ccc(F)cc3)ncn2C2CC(C)(C)NC(C)(C)C2)n1. The van der Waals surface area contributed by atoms with Crippen LogP contribution in [0.1, 0.15) is 46.6 Å². The fourth-order valence-electron chi connectivity index (χ4n) is 4.71. The van der Waals surface area contributed by atoms with E-state index < -0.39 is 0 Å². The fraction of sp³-hybridized carbons (Fsp3) is 0.435. The van der Waals surface area contributed by atoms with Crippen LogP contribution < -0.4 is 5.32 Å². The zero-order chi connectivity index (χ0) is 21.5.